The Labute approximate surface area is 165 Å². The number of azo groups is 1. The fraction of sp³-hybridized carbons (Fsp3) is 0.0952. The molecule has 0 spiro atoms. The Bertz CT molecular complexity index is 1190. The van der Waals surface area contributed by atoms with Gasteiger partial charge in [0.2, 0.25) is 0 Å². The lowest BCUT2D eigenvalue weighted by atomic mass is 10.1. The van der Waals surface area contributed by atoms with Crippen LogP contribution in [-0.4, -0.2) is 21.0 Å². The number of carboxylic acid groups (broad SMARTS) is 1. The van der Waals surface area contributed by atoms with Crippen LogP contribution in [0.15, 0.2) is 71.2 Å². The van der Waals surface area contributed by atoms with E-state index in [1.165, 1.54) is 6.33 Å². The normalized spacial score (nSPS) is 11.3. The third-order valence-electron chi connectivity index (χ3n) is 4.38. The van der Waals surface area contributed by atoms with Crippen molar-refractivity contribution in [3.63, 3.8) is 0 Å². The molecule has 6 nitrogen and oxygen atoms in total. The van der Waals surface area contributed by atoms with Gasteiger partial charge >= 0.3 is 5.97 Å². The third kappa shape index (κ3) is 3.39. The van der Waals surface area contributed by atoms with Crippen LogP contribution in [0.4, 0.5) is 5.82 Å². The van der Waals surface area contributed by atoms with Gasteiger partial charge in [0, 0.05) is 4.88 Å². The first kappa shape index (κ1) is 17.9. The number of fused-ring (bicyclic) bond motifs is 1. The Morgan fingerprint density at radius 3 is 2.61 bits per heavy atom. The van der Waals surface area contributed by atoms with Crippen LogP contribution in [0.1, 0.15) is 21.5 Å². The highest BCUT2D eigenvalue weighted by atomic mass is 32.1. The van der Waals surface area contributed by atoms with E-state index in [4.69, 9.17) is 0 Å². The summed E-state index contributed by atoms with van der Waals surface area (Å²) in [5, 5.41) is 17.7. The Balaban J connectivity index is 1.68. The molecule has 1 N–H and O–H groups in total. The molecule has 0 bridgehead atoms. The van der Waals surface area contributed by atoms with Gasteiger partial charge in [-0.05, 0) is 29.7 Å². The summed E-state index contributed by atoms with van der Waals surface area (Å²) in [6.45, 7) is 2.21. The highest BCUT2D eigenvalue weighted by Crippen LogP contribution is 2.40. The topological polar surface area (TPSA) is 87.8 Å². The first-order valence-electron chi connectivity index (χ1n) is 8.63. The van der Waals surface area contributed by atoms with Crippen LogP contribution in [0.5, 0.6) is 0 Å². The Morgan fingerprint density at radius 1 is 1.07 bits per heavy atom. The maximum absolute atomic E-state index is 11.3. The zero-order valence-electron chi connectivity index (χ0n) is 15.0. The van der Waals surface area contributed by atoms with Crippen LogP contribution in [0, 0.1) is 6.92 Å². The average molecular weight is 388 g/mol. The number of carbonyl (C=O) groups is 1. The molecule has 0 saturated carbocycles. The summed E-state index contributed by atoms with van der Waals surface area (Å²) in [5.41, 5.74) is 3.91. The number of hydrogen-bond acceptors (Lipinski definition) is 6. The molecular weight excluding hydrogens is 372 g/mol. The number of nitrogens with zero attached hydrogens (tertiary/aromatic N) is 4. The van der Waals surface area contributed by atoms with E-state index >= 15 is 0 Å². The third-order valence-corrected chi connectivity index (χ3v) is 5.70. The van der Waals surface area contributed by atoms with E-state index in [0.717, 1.165) is 26.2 Å². The molecule has 0 fully saturated rings. The highest BCUT2D eigenvalue weighted by Gasteiger charge is 2.15. The molecule has 4 rings (SSSR count). The smallest absolute Gasteiger partial charge is 0.336 e. The fourth-order valence-corrected chi connectivity index (χ4v) is 4.19. The second-order valence-electron chi connectivity index (χ2n) is 6.16. The lowest BCUT2D eigenvalue weighted by Gasteiger charge is -2.01. The fourth-order valence-electron chi connectivity index (χ4n) is 2.99. The van der Waals surface area contributed by atoms with Gasteiger partial charge in [0.15, 0.2) is 5.82 Å². The van der Waals surface area contributed by atoms with Crippen molar-refractivity contribution in [1.29, 1.82) is 0 Å². The molecule has 0 atom stereocenters. The molecule has 0 aliphatic rings. The summed E-state index contributed by atoms with van der Waals surface area (Å²) in [4.78, 5) is 21.1. The van der Waals surface area contributed by atoms with Gasteiger partial charge in [-0.15, -0.1) is 16.5 Å². The second-order valence-corrected chi connectivity index (χ2v) is 7.18. The Hall–Kier alpha value is -3.45. The summed E-state index contributed by atoms with van der Waals surface area (Å²) in [5.74, 6) is -0.482. The number of aromatic carboxylic acids is 1. The SMILES string of the molecule is Cc1c(-c2ccccc2)sc2c(N=NCc3ccccc3C(=O)O)ncnc12. The van der Waals surface area contributed by atoms with E-state index in [-0.39, 0.29) is 12.1 Å². The molecule has 138 valence electrons. The first-order chi connectivity index (χ1) is 13.6. The molecule has 28 heavy (non-hydrogen) atoms. The number of hydrogen-bond donors (Lipinski definition) is 1. The van der Waals surface area contributed by atoms with E-state index in [0.29, 0.717) is 11.4 Å². The molecule has 0 aliphatic carbocycles. The Kier molecular flexibility index (Phi) is 4.90. The molecule has 0 aliphatic heterocycles. The van der Waals surface area contributed by atoms with E-state index in [9.17, 15) is 9.90 Å². The highest BCUT2D eigenvalue weighted by molar-refractivity contribution is 7.23. The van der Waals surface area contributed by atoms with E-state index in [2.05, 4.69) is 32.3 Å². The number of aryl methyl sites for hydroxylation is 1. The van der Waals surface area contributed by atoms with Crippen molar-refractivity contribution < 1.29 is 9.90 Å². The molecule has 4 aromatic rings. The lowest BCUT2D eigenvalue weighted by molar-refractivity contribution is 0.0695. The largest absolute Gasteiger partial charge is 0.478 e. The number of carboxylic acids is 1. The molecule has 2 heterocycles. The zero-order chi connectivity index (χ0) is 19.5. The quantitative estimate of drug-likeness (QED) is 0.448. The summed E-state index contributed by atoms with van der Waals surface area (Å²) >= 11 is 1.59. The van der Waals surface area contributed by atoms with Crippen LogP contribution in [0.25, 0.3) is 20.7 Å². The zero-order valence-corrected chi connectivity index (χ0v) is 15.8. The number of aromatic nitrogens is 2. The molecule has 2 aromatic carbocycles. The predicted molar refractivity (Wildman–Crippen MR) is 109 cm³/mol. The van der Waals surface area contributed by atoms with Crippen LogP contribution in [0.3, 0.4) is 0 Å². The standard InChI is InChI=1S/C21H16N4O2S/c1-13-17-19(28-18(13)14-7-3-2-4-8-14)20(23-12-22-17)25-24-11-15-9-5-6-10-16(15)21(26)27/h2-10,12H,11H2,1H3,(H,26,27). The summed E-state index contributed by atoms with van der Waals surface area (Å²) in [6.07, 6.45) is 1.48. The van der Waals surface area contributed by atoms with Gasteiger partial charge in [-0.3, -0.25) is 0 Å². The maximum Gasteiger partial charge on any atom is 0.336 e. The molecule has 0 saturated heterocycles. The van der Waals surface area contributed by atoms with Crippen molar-refractivity contribution in [3.8, 4) is 10.4 Å². The molecule has 2 aromatic heterocycles. The molecule has 0 unspecified atom stereocenters. The van der Waals surface area contributed by atoms with Gasteiger partial charge < -0.3 is 5.11 Å². The van der Waals surface area contributed by atoms with Crippen molar-refractivity contribution in [2.24, 2.45) is 10.2 Å². The first-order valence-corrected chi connectivity index (χ1v) is 9.45. The van der Waals surface area contributed by atoms with Gasteiger partial charge in [-0.1, -0.05) is 48.5 Å². The Morgan fingerprint density at radius 2 is 1.82 bits per heavy atom. The summed E-state index contributed by atoms with van der Waals surface area (Å²) in [7, 11) is 0. The minimum Gasteiger partial charge on any atom is -0.478 e. The monoisotopic (exact) mass is 388 g/mol. The van der Waals surface area contributed by atoms with E-state index < -0.39 is 5.97 Å². The lowest BCUT2D eigenvalue weighted by Crippen LogP contribution is -2.00. The number of rotatable bonds is 5. The number of thiophene rings is 1. The summed E-state index contributed by atoms with van der Waals surface area (Å²) in [6, 6.07) is 16.9. The molecule has 7 heteroatoms. The van der Waals surface area contributed by atoms with Crippen LogP contribution < -0.4 is 0 Å². The van der Waals surface area contributed by atoms with Crippen molar-refractivity contribution in [2.45, 2.75) is 13.5 Å². The number of benzene rings is 2. The molecular formula is C21H16N4O2S. The average Bonchev–Trinajstić information content (AvgIpc) is 3.06. The minimum atomic E-state index is -0.975. The van der Waals surface area contributed by atoms with Crippen LogP contribution >= 0.6 is 11.3 Å². The van der Waals surface area contributed by atoms with Gasteiger partial charge in [0.05, 0.1) is 17.6 Å². The summed E-state index contributed by atoms with van der Waals surface area (Å²) < 4.78 is 0.870. The van der Waals surface area contributed by atoms with E-state index in [1.807, 2.05) is 25.1 Å². The van der Waals surface area contributed by atoms with Crippen LogP contribution in [0.2, 0.25) is 0 Å². The molecule has 0 amide bonds. The van der Waals surface area contributed by atoms with Crippen molar-refractivity contribution >= 4 is 33.3 Å². The molecule has 0 radical (unpaired) electrons. The van der Waals surface area contributed by atoms with E-state index in [1.54, 1.807) is 35.6 Å². The van der Waals surface area contributed by atoms with Crippen molar-refractivity contribution in [3.05, 3.63) is 77.6 Å². The van der Waals surface area contributed by atoms with Gasteiger partial charge in [0.1, 0.15) is 11.0 Å². The van der Waals surface area contributed by atoms with Crippen LogP contribution in [-0.2, 0) is 6.54 Å². The predicted octanol–water partition coefficient (Wildman–Crippen LogP) is 5.65. The van der Waals surface area contributed by atoms with Crippen molar-refractivity contribution in [1.82, 2.24) is 9.97 Å². The van der Waals surface area contributed by atoms with Gasteiger partial charge in [-0.25, -0.2) is 14.8 Å². The maximum atomic E-state index is 11.3. The second kappa shape index (κ2) is 7.66. The van der Waals surface area contributed by atoms with Gasteiger partial charge in [0.25, 0.3) is 0 Å². The van der Waals surface area contributed by atoms with Gasteiger partial charge in [-0.2, -0.15) is 5.11 Å². The minimum absolute atomic E-state index is 0.171. The van der Waals surface area contributed by atoms with Crippen molar-refractivity contribution in [2.75, 3.05) is 0 Å².